The Bertz CT molecular complexity index is 288. The van der Waals surface area contributed by atoms with Gasteiger partial charge in [0.15, 0.2) is 5.96 Å². The fourth-order valence-corrected chi connectivity index (χ4v) is 1.05. The molecule has 92 valence electrons. The SMILES string of the molecule is CN=C(NCCOC)NCc1ccn[nH]1.I. The minimum absolute atomic E-state index is 0. The van der Waals surface area contributed by atoms with Crippen LogP contribution in [-0.2, 0) is 11.3 Å². The summed E-state index contributed by atoms with van der Waals surface area (Å²) in [7, 11) is 3.40. The summed E-state index contributed by atoms with van der Waals surface area (Å²) in [4.78, 5) is 4.06. The average molecular weight is 339 g/mol. The second-order valence-corrected chi connectivity index (χ2v) is 2.93. The van der Waals surface area contributed by atoms with Crippen LogP contribution in [0.4, 0.5) is 0 Å². The number of aromatic amines is 1. The van der Waals surface area contributed by atoms with Crippen LogP contribution in [0.25, 0.3) is 0 Å². The van der Waals surface area contributed by atoms with Crippen LogP contribution in [0, 0.1) is 0 Å². The molecule has 3 N–H and O–H groups in total. The van der Waals surface area contributed by atoms with E-state index in [1.807, 2.05) is 6.07 Å². The number of hydrogen-bond acceptors (Lipinski definition) is 3. The number of halogens is 1. The number of nitrogens with zero attached hydrogens (tertiary/aromatic N) is 2. The Hall–Kier alpha value is -0.830. The molecule has 0 atom stereocenters. The van der Waals surface area contributed by atoms with Crippen LogP contribution in [0.3, 0.4) is 0 Å². The van der Waals surface area contributed by atoms with Gasteiger partial charge in [-0.25, -0.2) is 0 Å². The van der Waals surface area contributed by atoms with Gasteiger partial charge in [0.25, 0.3) is 0 Å². The quantitative estimate of drug-likeness (QED) is 0.313. The lowest BCUT2D eigenvalue weighted by Crippen LogP contribution is -2.38. The average Bonchev–Trinajstić information content (AvgIpc) is 2.76. The number of ether oxygens (including phenoxy) is 1. The highest BCUT2D eigenvalue weighted by Crippen LogP contribution is 1.89. The molecule has 0 unspecified atom stereocenters. The molecule has 16 heavy (non-hydrogen) atoms. The van der Waals surface area contributed by atoms with Crippen molar-refractivity contribution in [3.8, 4) is 0 Å². The molecule has 0 aromatic carbocycles. The van der Waals surface area contributed by atoms with Crippen LogP contribution >= 0.6 is 24.0 Å². The Morgan fingerprint density at radius 3 is 2.94 bits per heavy atom. The third kappa shape index (κ3) is 5.91. The van der Waals surface area contributed by atoms with Crippen LogP contribution in [0.15, 0.2) is 17.3 Å². The number of H-pyrrole nitrogens is 1. The summed E-state index contributed by atoms with van der Waals surface area (Å²) in [6, 6.07) is 1.91. The molecule has 1 aromatic heterocycles. The predicted molar refractivity (Wildman–Crippen MR) is 74.1 cm³/mol. The van der Waals surface area contributed by atoms with Gasteiger partial charge in [-0.15, -0.1) is 24.0 Å². The van der Waals surface area contributed by atoms with E-state index in [9.17, 15) is 0 Å². The molecular formula is C9H18IN5O. The summed E-state index contributed by atoms with van der Waals surface area (Å²) in [5.41, 5.74) is 1.02. The monoisotopic (exact) mass is 339 g/mol. The zero-order valence-electron chi connectivity index (χ0n) is 9.49. The van der Waals surface area contributed by atoms with E-state index < -0.39 is 0 Å². The van der Waals surface area contributed by atoms with E-state index in [2.05, 4.69) is 25.8 Å². The summed E-state index contributed by atoms with van der Waals surface area (Å²) < 4.78 is 4.93. The highest BCUT2D eigenvalue weighted by molar-refractivity contribution is 14.0. The van der Waals surface area contributed by atoms with Crippen molar-refractivity contribution in [1.82, 2.24) is 20.8 Å². The van der Waals surface area contributed by atoms with E-state index in [4.69, 9.17) is 4.74 Å². The van der Waals surface area contributed by atoms with Gasteiger partial charge in [0.05, 0.1) is 18.8 Å². The normalized spacial score (nSPS) is 10.8. The maximum Gasteiger partial charge on any atom is 0.191 e. The third-order valence-electron chi connectivity index (χ3n) is 1.83. The standard InChI is InChI=1S/C9H17N5O.HI/c1-10-9(11-5-6-15-2)12-7-8-3-4-13-14-8;/h3-4H,5-7H2,1-2H3,(H,13,14)(H2,10,11,12);1H. The van der Waals surface area contributed by atoms with Gasteiger partial charge in [-0.1, -0.05) is 0 Å². The first-order chi connectivity index (χ1) is 7.36. The molecule has 0 saturated carbocycles. The van der Waals surface area contributed by atoms with E-state index in [0.29, 0.717) is 13.2 Å². The van der Waals surface area contributed by atoms with Gasteiger partial charge >= 0.3 is 0 Å². The molecular weight excluding hydrogens is 321 g/mol. The number of guanidine groups is 1. The van der Waals surface area contributed by atoms with Gasteiger partial charge in [0, 0.05) is 26.9 Å². The minimum atomic E-state index is 0. The Labute approximate surface area is 112 Å². The highest BCUT2D eigenvalue weighted by atomic mass is 127. The first-order valence-corrected chi connectivity index (χ1v) is 4.78. The van der Waals surface area contributed by atoms with Gasteiger partial charge in [-0.2, -0.15) is 5.10 Å². The Morgan fingerprint density at radius 2 is 2.38 bits per heavy atom. The van der Waals surface area contributed by atoms with Gasteiger partial charge in [-0.3, -0.25) is 10.1 Å². The van der Waals surface area contributed by atoms with E-state index in [-0.39, 0.29) is 24.0 Å². The summed E-state index contributed by atoms with van der Waals surface area (Å²) in [5, 5.41) is 13.0. The fraction of sp³-hybridized carbons (Fsp3) is 0.556. The number of methoxy groups -OCH3 is 1. The molecule has 1 rings (SSSR count). The molecule has 0 spiro atoms. The molecule has 0 aliphatic heterocycles. The van der Waals surface area contributed by atoms with E-state index in [1.54, 1.807) is 20.4 Å². The summed E-state index contributed by atoms with van der Waals surface area (Å²) in [6.07, 6.45) is 1.72. The lowest BCUT2D eigenvalue weighted by Gasteiger charge is -2.10. The number of rotatable bonds is 5. The smallest absolute Gasteiger partial charge is 0.191 e. The number of nitrogens with one attached hydrogen (secondary N) is 3. The fourth-order valence-electron chi connectivity index (χ4n) is 1.05. The number of aromatic nitrogens is 2. The summed E-state index contributed by atoms with van der Waals surface area (Å²) in [6.45, 7) is 2.07. The van der Waals surface area contributed by atoms with Crippen molar-refractivity contribution in [3.05, 3.63) is 18.0 Å². The molecule has 0 saturated heterocycles. The van der Waals surface area contributed by atoms with Crippen molar-refractivity contribution in [2.45, 2.75) is 6.54 Å². The molecule has 1 aromatic rings. The van der Waals surface area contributed by atoms with Crippen molar-refractivity contribution in [1.29, 1.82) is 0 Å². The van der Waals surface area contributed by atoms with Crippen LogP contribution in [-0.4, -0.2) is 43.5 Å². The molecule has 0 aliphatic carbocycles. The van der Waals surface area contributed by atoms with Crippen molar-refractivity contribution < 1.29 is 4.74 Å². The maximum absolute atomic E-state index is 4.93. The molecule has 7 heteroatoms. The second-order valence-electron chi connectivity index (χ2n) is 2.93. The van der Waals surface area contributed by atoms with Gasteiger partial charge in [0.2, 0.25) is 0 Å². The Kier molecular flexibility index (Phi) is 8.91. The minimum Gasteiger partial charge on any atom is -0.383 e. The predicted octanol–water partition coefficient (Wildman–Crippen LogP) is 0.339. The van der Waals surface area contributed by atoms with Crippen LogP contribution in [0.1, 0.15) is 5.69 Å². The second kappa shape index (κ2) is 9.40. The van der Waals surface area contributed by atoms with Crippen LogP contribution in [0.2, 0.25) is 0 Å². The molecule has 0 radical (unpaired) electrons. The van der Waals surface area contributed by atoms with Crippen molar-refractivity contribution in [2.24, 2.45) is 4.99 Å². The Balaban J connectivity index is 0.00000225. The van der Waals surface area contributed by atoms with Crippen LogP contribution < -0.4 is 10.6 Å². The molecule has 0 aliphatic rings. The number of hydrogen-bond donors (Lipinski definition) is 3. The zero-order valence-corrected chi connectivity index (χ0v) is 11.8. The first kappa shape index (κ1) is 15.2. The van der Waals surface area contributed by atoms with E-state index in [0.717, 1.165) is 18.2 Å². The molecule has 6 nitrogen and oxygen atoms in total. The van der Waals surface area contributed by atoms with Gasteiger partial charge in [0.1, 0.15) is 0 Å². The highest BCUT2D eigenvalue weighted by Gasteiger charge is 1.97. The molecule has 0 bridgehead atoms. The topological polar surface area (TPSA) is 74.3 Å². The maximum atomic E-state index is 4.93. The summed E-state index contributed by atoms with van der Waals surface area (Å²) in [5.74, 6) is 0.752. The van der Waals surface area contributed by atoms with Gasteiger partial charge < -0.3 is 15.4 Å². The zero-order chi connectivity index (χ0) is 10.9. The van der Waals surface area contributed by atoms with Crippen molar-refractivity contribution in [3.63, 3.8) is 0 Å². The largest absolute Gasteiger partial charge is 0.383 e. The molecule has 0 fully saturated rings. The number of aliphatic imine (C=N–C) groups is 1. The van der Waals surface area contributed by atoms with E-state index in [1.165, 1.54) is 0 Å². The van der Waals surface area contributed by atoms with Crippen molar-refractivity contribution >= 4 is 29.9 Å². The lowest BCUT2D eigenvalue weighted by atomic mass is 10.4. The first-order valence-electron chi connectivity index (χ1n) is 4.78. The van der Waals surface area contributed by atoms with Crippen LogP contribution in [0.5, 0.6) is 0 Å². The lowest BCUT2D eigenvalue weighted by molar-refractivity contribution is 0.203. The molecule has 0 amide bonds. The van der Waals surface area contributed by atoms with Gasteiger partial charge in [-0.05, 0) is 6.07 Å². The molecule has 1 heterocycles. The van der Waals surface area contributed by atoms with Crippen molar-refractivity contribution in [2.75, 3.05) is 27.3 Å². The summed E-state index contributed by atoms with van der Waals surface area (Å²) >= 11 is 0. The Morgan fingerprint density at radius 1 is 1.56 bits per heavy atom. The third-order valence-corrected chi connectivity index (χ3v) is 1.83. The van der Waals surface area contributed by atoms with E-state index >= 15 is 0 Å².